The zero-order valence-electron chi connectivity index (χ0n) is 10.6. The van der Waals surface area contributed by atoms with Crippen LogP contribution in [0.2, 0.25) is 10.3 Å². The van der Waals surface area contributed by atoms with Gasteiger partial charge in [0.15, 0.2) is 5.15 Å². The molecule has 0 aliphatic carbocycles. The summed E-state index contributed by atoms with van der Waals surface area (Å²) in [7, 11) is 0. The number of aromatic nitrogens is 2. The molecule has 2 aromatic heterocycles. The summed E-state index contributed by atoms with van der Waals surface area (Å²) >= 11 is 11.7. The van der Waals surface area contributed by atoms with Crippen molar-refractivity contribution in [3.05, 3.63) is 56.1 Å². The lowest BCUT2D eigenvalue weighted by molar-refractivity contribution is -0.385. The molecular weight excluding hydrogens is 319 g/mol. The van der Waals surface area contributed by atoms with Crippen molar-refractivity contribution in [1.29, 1.82) is 0 Å². The van der Waals surface area contributed by atoms with Crippen molar-refractivity contribution in [2.24, 2.45) is 0 Å². The zero-order valence-corrected chi connectivity index (χ0v) is 12.1. The molecule has 0 aromatic carbocycles. The van der Waals surface area contributed by atoms with Crippen molar-refractivity contribution in [2.45, 2.75) is 6.92 Å². The molecule has 0 aliphatic heterocycles. The van der Waals surface area contributed by atoms with Crippen LogP contribution >= 0.6 is 23.2 Å². The van der Waals surface area contributed by atoms with Crippen molar-refractivity contribution in [2.75, 3.05) is 5.32 Å². The Bertz CT molecular complexity index is 736. The van der Waals surface area contributed by atoms with E-state index in [9.17, 15) is 14.9 Å². The Hall–Kier alpha value is -2.25. The minimum Gasteiger partial charge on any atom is -0.319 e. The number of hydrogen-bond donors (Lipinski definition) is 1. The van der Waals surface area contributed by atoms with Crippen LogP contribution in [0.3, 0.4) is 0 Å². The second kappa shape index (κ2) is 6.02. The molecule has 0 saturated carbocycles. The number of halogens is 2. The number of carbonyl (C=O) groups is 1. The number of anilines is 1. The molecule has 2 heterocycles. The van der Waals surface area contributed by atoms with E-state index in [-0.39, 0.29) is 27.2 Å². The summed E-state index contributed by atoms with van der Waals surface area (Å²) in [6.45, 7) is 1.78. The van der Waals surface area contributed by atoms with Gasteiger partial charge in [-0.05, 0) is 18.6 Å². The Labute approximate surface area is 129 Å². The molecule has 2 rings (SSSR count). The lowest BCUT2D eigenvalue weighted by atomic mass is 10.2. The summed E-state index contributed by atoms with van der Waals surface area (Å²) in [4.78, 5) is 29.7. The van der Waals surface area contributed by atoms with Crippen molar-refractivity contribution >= 4 is 40.5 Å². The molecule has 0 bridgehead atoms. The molecule has 2 aromatic rings. The summed E-state index contributed by atoms with van der Waals surface area (Å²) in [5.74, 6) is -0.662. The van der Waals surface area contributed by atoms with Gasteiger partial charge in [0.2, 0.25) is 0 Å². The maximum Gasteiger partial charge on any atom is 0.288 e. The highest BCUT2D eigenvalue weighted by Gasteiger charge is 2.18. The lowest BCUT2D eigenvalue weighted by Gasteiger charge is -2.08. The van der Waals surface area contributed by atoms with E-state index < -0.39 is 10.8 Å². The van der Waals surface area contributed by atoms with E-state index in [0.29, 0.717) is 0 Å². The van der Waals surface area contributed by atoms with Crippen molar-refractivity contribution in [3.63, 3.8) is 0 Å². The number of rotatable bonds is 3. The summed E-state index contributed by atoms with van der Waals surface area (Å²) in [6.07, 6.45) is 2.51. The fourth-order valence-electron chi connectivity index (χ4n) is 1.53. The number of nitro groups is 1. The SMILES string of the molecule is Cc1cnc(Cl)c(NC(=O)c2cc([N+](=O)[O-])cnc2Cl)c1. The van der Waals surface area contributed by atoms with Gasteiger partial charge in [0.1, 0.15) is 11.3 Å². The van der Waals surface area contributed by atoms with E-state index in [1.807, 2.05) is 0 Å². The third kappa shape index (κ3) is 3.45. The molecule has 0 saturated heterocycles. The molecule has 108 valence electrons. The average molecular weight is 327 g/mol. The summed E-state index contributed by atoms with van der Waals surface area (Å²) in [6, 6.07) is 2.66. The number of pyridine rings is 2. The predicted octanol–water partition coefficient (Wildman–Crippen LogP) is 3.25. The van der Waals surface area contributed by atoms with Crippen molar-refractivity contribution in [3.8, 4) is 0 Å². The molecule has 9 heteroatoms. The third-order valence-corrected chi connectivity index (χ3v) is 3.11. The normalized spacial score (nSPS) is 10.2. The number of carbonyl (C=O) groups excluding carboxylic acids is 1. The van der Waals surface area contributed by atoms with Crippen LogP contribution in [0.4, 0.5) is 11.4 Å². The highest BCUT2D eigenvalue weighted by Crippen LogP contribution is 2.23. The fraction of sp³-hybridized carbons (Fsp3) is 0.0833. The van der Waals surface area contributed by atoms with Crippen LogP contribution in [-0.4, -0.2) is 20.8 Å². The fourth-order valence-corrected chi connectivity index (χ4v) is 1.87. The van der Waals surface area contributed by atoms with E-state index in [0.717, 1.165) is 17.8 Å². The van der Waals surface area contributed by atoms with Gasteiger partial charge >= 0.3 is 0 Å². The topological polar surface area (TPSA) is 98.0 Å². The maximum absolute atomic E-state index is 12.1. The first kappa shape index (κ1) is 15.1. The Morgan fingerprint density at radius 2 is 1.90 bits per heavy atom. The first-order valence-electron chi connectivity index (χ1n) is 5.62. The molecule has 1 amide bonds. The summed E-state index contributed by atoms with van der Waals surface area (Å²) in [5.41, 5.74) is 0.614. The predicted molar refractivity (Wildman–Crippen MR) is 77.8 cm³/mol. The lowest BCUT2D eigenvalue weighted by Crippen LogP contribution is -2.14. The van der Waals surface area contributed by atoms with Crippen LogP contribution in [0.25, 0.3) is 0 Å². The van der Waals surface area contributed by atoms with Crippen LogP contribution in [0, 0.1) is 17.0 Å². The van der Waals surface area contributed by atoms with Crippen LogP contribution in [0.5, 0.6) is 0 Å². The molecule has 1 N–H and O–H groups in total. The quantitative estimate of drug-likeness (QED) is 0.530. The van der Waals surface area contributed by atoms with E-state index in [1.165, 1.54) is 0 Å². The number of nitrogens with one attached hydrogen (secondary N) is 1. The number of amides is 1. The first-order chi connectivity index (χ1) is 9.88. The molecule has 0 spiro atoms. The number of hydrogen-bond acceptors (Lipinski definition) is 5. The standard InChI is InChI=1S/C12H8Cl2N4O3/c1-6-2-9(11(14)15-4-6)17-12(19)8-3-7(18(20)21)5-16-10(8)13/h2-5H,1H3,(H,17,19). The van der Waals surface area contributed by atoms with Crippen molar-refractivity contribution in [1.82, 2.24) is 9.97 Å². The Morgan fingerprint density at radius 3 is 2.57 bits per heavy atom. The van der Waals surface area contributed by atoms with Gasteiger partial charge in [-0.25, -0.2) is 9.97 Å². The highest BCUT2D eigenvalue weighted by molar-refractivity contribution is 6.34. The van der Waals surface area contributed by atoms with Gasteiger partial charge in [0, 0.05) is 12.3 Å². The van der Waals surface area contributed by atoms with Crippen LogP contribution in [0.1, 0.15) is 15.9 Å². The Balaban J connectivity index is 2.34. The summed E-state index contributed by atoms with van der Waals surface area (Å²) in [5, 5.41) is 13.2. The molecule has 0 fully saturated rings. The third-order valence-electron chi connectivity index (χ3n) is 2.50. The van der Waals surface area contributed by atoms with Gasteiger partial charge in [0.25, 0.3) is 11.6 Å². The van der Waals surface area contributed by atoms with Gasteiger partial charge in [-0.3, -0.25) is 14.9 Å². The van der Waals surface area contributed by atoms with Gasteiger partial charge in [-0.2, -0.15) is 0 Å². The van der Waals surface area contributed by atoms with E-state index in [1.54, 1.807) is 19.2 Å². The van der Waals surface area contributed by atoms with Gasteiger partial charge in [-0.15, -0.1) is 0 Å². The molecule has 0 atom stereocenters. The minimum atomic E-state index is -0.665. The monoisotopic (exact) mass is 326 g/mol. The Kier molecular flexibility index (Phi) is 4.35. The van der Waals surface area contributed by atoms with Crippen molar-refractivity contribution < 1.29 is 9.72 Å². The molecule has 0 aliphatic rings. The molecule has 0 unspecified atom stereocenters. The van der Waals surface area contributed by atoms with Gasteiger partial charge < -0.3 is 5.32 Å². The molecule has 0 radical (unpaired) electrons. The highest BCUT2D eigenvalue weighted by atomic mass is 35.5. The maximum atomic E-state index is 12.1. The molecule has 7 nitrogen and oxygen atoms in total. The van der Waals surface area contributed by atoms with Gasteiger partial charge in [-0.1, -0.05) is 23.2 Å². The number of aryl methyl sites for hydroxylation is 1. The number of nitrogens with zero attached hydrogens (tertiary/aromatic N) is 3. The second-order valence-electron chi connectivity index (χ2n) is 4.09. The Morgan fingerprint density at radius 1 is 1.24 bits per heavy atom. The van der Waals surface area contributed by atoms with E-state index in [4.69, 9.17) is 23.2 Å². The second-order valence-corrected chi connectivity index (χ2v) is 4.81. The average Bonchev–Trinajstić information content (AvgIpc) is 2.43. The summed E-state index contributed by atoms with van der Waals surface area (Å²) < 4.78 is 0. The van der Waals surface area contributed by atoms with Crippen LogP contribution < -0.4 is 5.32 Å². The zero-order chi connectivity index (χ0) is 15.6. The smallest absolute Gasteiger partial charge is 0.288 e. The van der Waals surface area contributed by atoms with Crippen LogP contribution in [0.15, 0.2) is 24.5 Å². The van der Waals surface area contributed by atoms with Gasteiger partial charge in [0.05, 0.1) is 16.2 Å². The largest absolute Gasteiger partial charge is 0.319 e. The van der Waals surface area contributed by atoms with Crippen LogP contribution in [-0.2, 0) is 0 Å². The molecule has 21 heavy (non-hydrogen) atoms. The molecular formula is C12H8Cl2N4O3. The van der Waals surface area contributed by atoms with E-state index >= 15 is 0 Å². The van der Waals surface area contributed by atoms with E-state index in [2.05, 4.69) is 15.3 Å². The minimum absolute atomic E-state index is 0.100. The first-order valence-corrected chi connectivity index (χ1v) is 6.37.